The third-order valence-electron chi connectivity index (χ3n) is 3.93. The first-order valence-corrected chi connectivity index (χ1v) is 8.66. The molecule has 144 valence electrons. The summed E-state index contributed by atoms with van der Waals surface area (Å²) in [6.07, 6.45) is 3.64. The number of nitrogens with one attached hydrogen (secondary N) is 2. The number of carbonyl (C=O) groups excluding carboxylic acids is 2. The Bertz CT molecular complexity index is 1040. The highest BCUT2D eigenvalue weighted by Gasteiger charge is 2.17. The van der Waals surface area contributed by atoms with Crippen molar-refractivity contribution in [2.75, 3.05) is 17.7 Å². The lowest BCUT2D eigenvalue weighted by Crippen LogP contribution is -2.14. The van der Waals surface area contributed by atoms with Gasteiger partial charge in [0.15, 0.2) is 0 Å². The average molecular weight is 402 g/mol. The van der Waals surface area contributed by atoms with Crippen molar-refractivity contribution in [3.63, 3.8) is 0 Å². The smallest absolute Gasteiger partial charge is 0.259 e. The van der Waals surface area contributed by atoms with Gasteiger partial charge in [-0.1, -0.05) is 11.6 Å². The molecule has 0 unspecified atom stereocenters. The normalized spacial score (nSPS) is 10.4. The summed E-state index contributed by atoms with van der Waals surface area (Å²) in [4.78, 5) is 23.9. The second-order valence-corrected chi connectivity index (χ2v) is 6.33. The molecular weight excluding hydrogens is 385 g/mol. The Kier molecular flexibility index (Phi) is 5.65. The number of anilines is 2. The number of ether oxygens (including phenoxy) is 1. The van der Waals surface area contributed by atoms with Gasteiger partial charge in [0.2, 0.25) is 5.91 Å². The van der Waals surface area contributed by atoms with Gasteiger partial charge in [0.05, 0.1) is 29.1 Å². The second-order valence-electron chi connectivity index (χ2n) is 5.92. The van der Waals surface area contributed by atoms with Crippen LogP contribution in [0.3, 0.4) is 0 Å². The van der Waals surface area contributed by atoms with E-state index in [-0.39, 0.29) is 11.3 Å². The van der Waals surface area contributed by atoms with Crippen LogP contribution >= 0.6 is 11.6 Å². The van der Waals surface area contributed by atoms with Gasteiger partial charge in [0, 0.05) is 31.1 Å². The SMILES string of the molecule is COc1cc(-n2cccc2)c(Cl)cc1C(=O)Nc1ccc(F)c(NC(C)=O)c1. The molecule has 2 N–H and O–H groups in total. The fourth-order valence-electron chi connectivity index (χ4n) is 2.67. The molecule has 1 heterocycles. The summed E-state index contributed by atoms with van der Waals surface area (Å²) in [5.74, 6) is -1.19. The predicted octanol–water partition coefficient (Wildman–Crippen LogP) is 4.49. The quantitative estimate of drug-likeness (QED) is 0.661. The highest BCUT2D eigenvalue weighted by Crippen LogP contribution is 2.31. The van der Waals surface area contributed by atoms with Gasteiger partial charge in [-0.15, -0.1) is 0 Å². The number of hydrogen-bond donors (Lipinski definition) is 2. The van der Waals surface area contributed by atoms with Crippen LogP contribution < -0.4 is 15.4 Å². The molecule has 3 rings (SSSR count). The summed E-state index contributed by atoms with van der Waals surface area (Å²) in [5.41, 5.74) is 1.16. The van der Waals surface area contributed by atoms with Crippen LogP contribution in [0.2, 0.25) is 5.02 Å². The van der Waals surface area contributed by atoms with Crippen LogP contribution in [0.15, 0.2) is 54.9 Å². The van der Waals surface area contributed by atoms with Crippen molar-refractivity contribution in [2.45, 2.75) is 6.92 Å². The lowest BCUT2D eigenvalue weighted by atomic mass is 10.1. The zero-order chi connectivity index (χ0) is 20.3. The second kappa shape index (κ2) is 8.14. The molecule has 0 atom stereocenters. The minimum absolute atomic E-state index is 0.0294. The Morgan fingerprint density at radius 1 is 1.11 bits per heavy atom. The number of amides is 2. The van der Waals surface area contributed by atoms with Gasteiger partial charge >= 0.3 is 0 Å². The number of carbonyl (C=O) groups is 2. The van der Waals surface area contributed by atoms with Crippen molar-refractivity contribution in [2.24, 2.45) is 0 Å². The van der Waals surface area contributed by atoms with E-state index in [2.05, 4.69) is 10.6 Å². The first-order chi connectivity index (χ1) is 13.4. The lowest BCUT2D eigenvalue weighted by molar-refractivity contribution is -0.114. The summed E-state index contributed by atoms with van der Waals surface area (Å²) in [6.45, 7) is 1.27. The lowest BCUT2D eigenvalue weighted by Gasteiger charge is -2.14. The maximum Gasteiger partial charge on any atom is 0.259 e. The molecule has 0 aliphatic carbocycles. The molecule has 1 aromatic heterocycles. The van der Waals surface area contributed by atoms with E-state index in [0.717, 1.165) is 6.07 Å². The number of methoxy groups -OCH3 is 1. The third kappa shape index (κ3) is 4.15. The molecule has 0 fully saturated rings. The molecule has 2 aromatic carbocycles. The van der Waals surface area contributed by atoms with Gasteiger partial charge < -0.3 is 19.9 Å². The molecule has 0 saturated heterocycles. The maximum absolute atomic E-state index is 13.8. The van der Waals surface area contributed by atoms with Gasteiger partial charge in [0.1, 0.15) is 11.6 Å². The number of hydrogen-bond acceptors (Lipinski definition) is 3. The van der Waals surface area contributed by atoms with E-state index >= 15 is 0 Å². The van der Waals surface area contributed by atoms with Crippen molar-refractivity contribution < 1.29 is 18.7 Å². The molecule has 0 spiro atoms. The van der Waals surface area contributed by atoms with Gasteiger partial charge in [0.25, 0.3) is 5.91 Å². The van der Waals surface area contributed by atoms with Crippen molar-refractivity contribution in [3.8, 4) is 11.4 Å². The zero-order valence-corrected chi connectivity index (χ0v) is 15.9. The van der Waals surface area contributed by atoms with Crippen molar-refractivity contribution in [1.29, 1.82) is 0 Å². The third-order valence-corrected chi connectivity index (χ3v) is 4.23. The first kappa shape index (κ1) is 19.4. The van der Waals surface area contributed by atoms with Crippen molar-refractivity contribution >= 4 is 34.8 Å². The first-order valence-electron chi connectivity index (χ1n) is 8.28. The summed E-state index contributed by atoms with van der Waals surface area (Å²) in [7, 11) is 1.45. The minimum atomic E-state index is -0.607. The monoisotopic (exact) mass is 401 g/mol. The summed E-state index contributed by atoms with van der Waals surface area (Å²) < 4.78 is 20.9. The van der Waals surface area contributed by atoms with E-state index in [1.165, 1.54) is 32.2 Å². The van der Waals surface area contributed by atoms with Crippen molar-refractivity contribution in [1.82, 2.24) is 4.57 Å². The van der Waals surface area contributed by atoms with Crippen molar-refractivity contribution in [3.05, 3.63) is 71.3 Å². The van der Waals surface area contributed by atoms with Gasteiger partial charge in [-0.25, -0.2) is 4.39 Å². The molecule has 0 aliphatic heterocycles. The Morgan fingerprint density at radius 2 is 1.82 bits per heavy atom. The summed E-state index contributed by atoms with van der Waals surface area (Å²) >= 11 is 6.35. The molecule has 0 aliphatic rings. The Hall–Kier alpha value is -3.32. The van der Waals surface area contributed by atoms with E-state index in [0.29, 0.717) is 22.1 Å². The minimum Gasteiger partial charge on any atom is -0.496 e. The standard InChI is InChI=1S/C20H17ClFN3O3/c1-12(26)23-17-9-13(5-6-16(17)22)24-20(27)14-10-15(21)18(11-19(14)28-2)25-7-3-4-8-25/h3-11H,1-2H3,(H,23,26)(H,24,27). The van der Waals surface area contributed by atoms with Crippen LogP contribution in [0, 0.1) is 5.82 Å². The number of halogens is 2. The van der Waals surface area contributed by atoms with E-state index in [1.54, 1.807) is 10.6 Å². The molecule has 0 saturated carbocycles. The Balaban J connectivity index is 1.90. The van der Waals surface area contributed by atoms with Gasteiger partial charge in [-0.05, 0) is 36.4 Å². The van der Waals surface area contributed by atoms with E-state index < -0.39 is 17.6 Å². The summed E-state index contributed by atoms with van der Waals surface area (Å²) in [6, 6.07) is 10.7. The van der Waals surface area contributed by atoms with Crippen LogP contribution in [0.1, 0.15) is 17.3 Å². The number of nitrogens with zero attached hydrogens (tertiary/aromatic N) is 1. The largest absolute Gasteiger partial charge is 0.496 e. The molecule has 6 nitrogen and oxygen atoms in total. The van der Waals surface area contributed by atoms with Gasteiger partial charge in [-0.3, -0.25) is 9.59 Å². The molecule has 2 amide bonds. The number of benzene rings is 2. The van der Waals surface area contributed by atoms with Crippen LogP contribution in [-0.2, 0) is 4.79 Å². The van der Waals surface area contributed by atoms with Crippen LogP contribution in [0.25, 0.3) is 5.69 Å². The molecule has 0 radical (unpaired) electrons. The maximum atomic E-state index is 13.8. The Labute approximate surface area is 165 Å². The van der Waals surface area contributed by atoms with E-state index in [4.69, 9.17) is 16.3 Å². The van der Waals surface area contributed by atoms with Crippen LogP contribution in [0.4, 0.5) is 15.8 Å². The van der Waals surface area contributed by atoms with E-state index in [9.17, 15) is 14.0 Å². The van der Waals surface area contributed by atoms with E-state index in [1.807, 2.05) is 24.5 Å². The molecule has 28 heavy (non-hydrogen) atoms. The fourth-order valence-corrected chi connectivity index (χ4v) is 2.93. The topological polar surface area (TPSA) is 72.4 Å². The molecule has 3 aromatic rings. The zero-order valence-electron chi connectivity index (χ0n) is 15.1. The highest BCUT2D eigenvalue weighted by atomic mass is 35.5. The van der Waals surface area contributed by atoms with Gasteiger partial charge in [-0.2, -0.15) is 0 Å². The molecular formula is C20H17ClFN3O3. The highest BCUT2D eigenvalue weighted by molar-refractivity contribution is 6.33. The molecule has 8 heteroatoms. The van der Waals surface area contributed by atoms with Crippen LogP contribution in [0.5, 0.6) is 5.75 Å². The fraction of sp³-hybridized carbons (Fsp3) is 0.100. The Morgan fingerprint density at radius 3 is 2.46 bits per heavy atom. The molecule has 0 bridgehead atoms. The average Bonchev–Trinajstić information content (AvgIpc) is 3.18. The number of rotatable bonds is 5. The summed E-state index contributed by atoms with van der Waals surface area (Å²) in [5, 5.41) is 5.38. The van der Waals surface area contributed by atoms with Crippen LogP contribution in [-0.4, -0.2) is 23.5 Å². The number of aromatic nitrogens is 1. The predicted molar refractivity (Wildman–Crippen MR) is 106 cm³/mol.